The number of anilines is 3. The number of fused-ring (bicyclic) bond motifs is 5. The van der Waals surface area contributed by atoms with Crippen LogP contribution in [0.4, 0.5) is 17.1 Å². The molecule has 2 saturated heterocycles. The molecule has 5 aromatic carbocycles. The van der Waals surface area contributed by atoms with Gasteiger partial charge in [0.2, 0.25) is 23.6 Å². The fourth-order valence-corrected chi connectivity index (χ4v) is 9.49. The minimum Gasteiger partial charge on any atom is -0.388 e. The highest BCUT2D eigenvalue weighted by Gasteiger charge is 2.62. The van der Waals surface area contributed by atoms with Gasteiger partial charge in [0.15, 0.2) is 0 Å². The van der Waals surface area contributed by atoms with Crippen molar-refractivity contribution >= 4 is 40.7 Å². The monoisotopic (exact) mass is 771 g/mol. The van der Waals surface area contributed by atoms with E-state index in [4.69, 9.17) is 0 Å². The Bertz CT molecular complexity index is 2300. The Balaban J connectivity index is 0.922. The minimum absolute atomic E-state index is 0.0665. The van der Waals surface area contributed by atoms with Crippen LogP contribution < -0.4 is 15.1 Å². The van der Waals surface area contributed by atoms with Crippen molar-refractivity contribution < 1.29 is 19.2 Å². The third kappa shape index (κ3) is 7.87. The molecule has 296 valence electrons. The lowest BCUT2D eigenvalue weighted by Gasteiger charge is -2.34. The number of carbonyl (C=O) groups is 4. The number of piperidine rings is 2. The fourth-order valence-electron chi connectivity index (χ4n) is 9.49. The largest absolute Gasteiger partial charge is 0.388 e. The van der Waals surface area contributed by atoms with Crippen molar-refractivity contribution in [1.29, 1.82) is 0 Å². The number of nitrogens with one attached hydrogen (secondary N) is 1. The molecule has 0 aromatic heterocycles. The standard InChI is InChI=1S/C51H53N3O4/c1-4-5-8-34-12-20-38(21-13-34)39-22-14-35(15-23-39)9-6-7-10-40-29-33(2)11-28-46(40)54-49(56)44-31-45(50(54)57)48-43(44)32-47(55)53(51(48)58)42-26-18-37(19-27-42)30-36-16-24-41(52-3)25-17-36/h11-29,43-45,48,52H,4-10,30-32H2,1-3H3. The number of nitrogens with zero attached hydrogens (tertiary/aromatic N) is 2. The number of aryl methyl sites for hydroxylation is 4. The van der Waals surface area contributed by atoms with Gasteiger partial charge in [0.05, 0.1) is 23.2 Å². The zero-order valence-corrected chi connectivity index (χ0v) is 33.9. The molecule has 7 heteroatoms. The first-order valence-electron chi connectivity index (χ1n) is 21.1. The van der Waals surface area contributed by atoms with Crippen LogP contribution in [-0.2, 0) is 44.9 Å². The highest BCUT2D eigenvalue weighted by molar-refractivity contribution is 6.24. The van der Waals surface area contributed by atoms with Crippen LogP contribution in [0, 0.1) is 30.6 Å². The third-order valence-corrected chi connectivity index (χ3v) is 12.7. The van der Waals surface area contributed by atoms with E-state index in [-0.39, 0.29) is 30.0 Å². The van der Waals surface area contributed by atoms with Gasteiger partial charge in [0.25, 0.3) is 0 Å². The van der Waals surface area contributed by atoms with E-state index in [2.05, 4.69) is 79.0 Å². The summed E-state index contributed by atoms with van der Waals surface area (Å²) < 4.78 is 0. The molecule has 3 aliphatic rings. The maximum absolute atomic E-state index is 14.4. The second-order valence-corrected chi connectivity index (χ2v) is 16.5. The summed E-state index contributed by atoms with van der Waals surface area (Å²) in [5, 5.41) is 3.13. The van der Waals surface area contributed by atoms with Crippen molar-refractivity contribution in [1.82, 2.24) is 0 Å². The lowest BCUT2D eigenvalue weighted by atomic mass is 9.80. The quantitative estimate of drug-likeness (QED) is 0.0898. The molecule has 1 N–H and O–H groups in total. The van der Waals surface area contributed by atoms with Crippen molar-refractivity contribution in [2.24, 2.45) is 23.7 Å². The summed E-state index contributed by atoms with van der Waals surface area (Å²) in [5.41, 5.74) is 11.5. The van der Waals surface area contributed by atoms with Crippen LogP contribution in [0.25, 0.3) is 11.1 Å². The van der Waals surface area contributed by atoms with Crippen LogP contribution in [-0.4, -0.2) is 30.7 Å². The van der Waals surface area contributed by atoms with Crippen molar-refractivity contribution in [2.45, 2.75) is 78.1 Å². The topological polar surface area (TPSA) is 86.8 Å². The molecule has 4 atom stereocenters. The summed E-state index contributed by atoms with van der Waals surface area (Å²) in [6.07, 6.45) is 8.16. The summed E-state index contributed by atoms with van der Waals surface area (Å²) in [5.74, 6) is -3.67. The SMILES string of the molecule is CCCCc1ccc(-c2ccc(CCCCc3cc(C)ccc3N3C(=O)C4CC(C3=O)C3C(=O)N(c5ccc(Cc6ccc(NC)cc6)cc5)C(=O)CC43)cc2)cc1. The summed E-state index contributed by atoms with van der Waals surface area (Å²) in [6, 6.07) is 39.4. The van der Waals surface area contributed by atoms with Crippen LogP contribution in [0.5, 0.6) is 0 Å². The molecule has 0 spiro atoms. The van der Waals surface area contributed by atoms with Gasteiger partial charge in [-0.25, -0.2) is 4.90 Å². The van der Waals surface area contributed by atoms with Crippen LogP contribution in [0.1, 0.15) is 78.8 Å². The molecule has 1 aliphatic carbocycles. The number of unbranched alkanes of at least 4 members (excludes halogenated alkanes) is 2. The number of benzene rings is 5. The second kappa shape index (κ2) is 17.0. The number of carbonyl (C=O) groups excluding carboxylic acids is 4. The van der Waals surface area contributed by atoms with Crippen LogP contribution in [0.2, 0.25) is 0 Å². The number of hydrogen-bond donors (Lipinski definition) is 1. The average Bonchev–Trinajstić information content (AvgIpc) is 3.59. The summed E-state index contributed by atoms with van der Waals surface area (Å²) in [4.78, 5) is 59.1. The van der Waals surface area contributed by atoms with Gasteiger partial charge in [0, 0.05) is 25.1 Å². The summed E-state index contributed by atoms with van der Waals surface area (Å²) in [6.45, 7) is 4.25. The van der Waals surface area contributed by atoms with Crippen LogP contribution in [0.15, 0.2) is 115 Å². The van der Waals surface area contributed by atoms with Crippen molar-refractivity contribution in [3.05, 3.63) is 149 Å². The van der Waals surface area contributed by atoms with Gasteiger partial charge in [-0.1, -0.05) is 104 Å². The molecular formula is C51H53N3O4. The molecule has 1 saturated carbocycles. The molecular weight excluding hydrogens is 719 g/mol. The predicted octanol–water partition coefficient (Wildman–Crippen LogP) is 9.91. The number of amides is 4. The molecule has 7 nitrogen and oxygen atoms in total. The molecule has 4 unspecified atom stereocenters. The van der Waals surface area contributed by atoms with Gasteiger partial charge in [0.1, 0.15) is 0 Å². The van der Waals surface area contributed by atoms with Gasteiger partial charge in [-0.05, 0) is 133 Å². The lowest BCUT2D eigenvalue weighted by molar-refractivity contribution is -0.138. The Kier molecular flexibility index (Phi) is 11.4. The maximum atomic E-state index is 14.4. The summed E-state index contributed by atoms with van der Waals surface area (Å²) >= 11 is 0. The van der Waals surface area contributed by atoms with Crippen molar-refractivity contribution in [3.63, 3.8) is 0 Å². The average molecular weight is 772 g/mol. The molecule has 2 aliphatic heterocycles. The third-order valence-electron chi connectivity index (χ3n) is 12.7. The van der Waals surface area contributed by atoms with Gasteiger partial charge < -0.3 is 5.32 Å². The highest BCUT2D eigenvalue weighted by atomic mass is 16.2. The van der Waals surface area contributed by atoms with Crippen LogP contribution in [0.3, 0.4) is 0 Å². The number of rotatable bonds is 14. The minimum atomic E-state index is -0.708. The van der Waals surface area contributed by atoms with E-state index in [1.54, 1.807) is 0 Å². The first kappa shape index (κ1) is 39.0. The lowest BCUT2D eigenvalue weighted by Crippen LogP contribution is -2.51. The van der Waals surface area contributed by atoms with E-state index < -0.39 is 23.7 Å². The van der Waals surface area contributed by atoms with E-state index in [1.807, 2.05) is 62.5 Å². The van der Waals surface area contributed by atoms with Crippen LogP contribution >= 0.6 is 0 Å². The number of imide groups is 2. The zero-order chi connectivity index (χ0) is 40.3. The predicted molar refractivity (Wildman–Crippen MR) is 232 cm³/mol. The Hall–Kier alpha value is -5.82. The fraction of sp³-hybridized carbons (Fsp3) is 0.333. The maximum Gasteiger partial charge on any atom is 0.237 e. The Morgan fingerprint density at radius 3 is 1.79 bits per heavy atom. The molecule has 58 heavy (non-hydrogen) atoms. The molecule has 2 heterocycles. The highest BCUT2D eigenvalue weighted by Crippen LogP contribution is 2.52. The van der Waals surface area contributed by atoms with E-state index in [0.717, 1.165) is 66.5 Å². The normalized spacial score (nSPS) is 20.1. The van der Waals surface area contributed by atoms with Gasteiger partial charge in [-0.3, -0.25) is 24.1 Å². The number of hydrogen-bond acceptors (Lipinski definition) is 5. The molecule has 2 bridgehead atoms. The molecule has 5 aromatic rings. The Morgan fingerprint density at radius 2 is 1.17 bits per heavy atom. The first-order valence-corrected chi connectivity index (χ1v) is 21.1. The van der Waals surface area contributed by atoms with E-state index in [1.165, 1.54) is 44.9 Å². The second-order valence-electron chi connectivity index (χ2n) is 16.5. The van der Waals surface area contributed by atoms with Crippen molar-refractivity contribution in [3.8, 4) is 11.1 Å². The molecule has 0 radical (unpaired) electrons. The molecule has 3 fully saturated rings. The van der Waals surface area contributed by atoms with Gasteiger partial charge >= 0.3 is 0 Å². The first-order chi connectivity index (χ1) is 28.2. The molecule has 8 rings (SSSR count). The zero-order valence-electron chi connectivity index (χ0n) is 33.9. The van der Waals surface area contributed by atoms with Gasteiger partial charge in [-0.15, -0.1) is 0 Å². The Morgan fingerprint density at radius 1 is 0.603 bits per heavy atom. The van der Waals surface area contributed by atoms with Crippen molar-refractivity contribution in [2.75, 3.05) is 22.2 Å². The van der Waals surface area contributed by atoms with E-state index in [9.17, 15) is 19.2 Å². The summed E-state index contributed by atoms with van der Waals surface area (Å²) in [7, 11) is 1.89. The van der Waals surface area contributed by atoms with E-state index in [0.29, 0.717) is 17.8 Å². The molecule has 4 amide bonds. The van der Waals surface area contributed by atoms with Gasteiger partial charge in [-0.2, -0.15) is 0 Å². The Labute approximate surface area is 342 Å². The smallest absolute Gasteiger partial charge is 0.237 e. The van der Waals surface area contributed by atoms with E-state index >= 15 is 0 Å².